The van der Waals surface area contributed by atoms with Crippen LogP contribution in [0.25, 0.3) is 0 Å². The molecule has 0 bridgehead atoms. The van der Waals surface area contributed by atoms with Gasteiger partial charge in [-0.3, -0.25) is 4.79 Å². The number of esters is 1. The topological polar surface area (TPSA) is 47.6 Å². The molecule has 4 heteroatoms. The van der Waals surface area contributed by atoms with Crippen LogP contribution in [0, 0.1) is 5.92 Å². The third-order valence-electron chi connectivity index (χ3n) is 3.73. The van der Waals surface area contributed by atoms with Crippen LogP contribution < -0.4 is 5.32 Å². The van der Waals surface area contributed by atoms with Crippen LogP contribution in [0.3, 0.4) is 0 Å². The van der Waals surface area contributed by atoms with Crippen molar-refractivity contribution >= 4 is 5.97 Å². The second-order valence-electron chi connectivity index (χ2n) is 5.22. The molecule has 1 aliphatic heterocycles. The molecule has 1 heterocycles. The normalized spacial score (nSPS) is 34.3. The van der Waals surface area contributed by atoms with Crippen LogP contribution in [-0.4, -0.2) is 37.9 Å². The summed E-state index contributed by atoms with van der Waals surface area (Å²) < 4.78 is 10.9. The lowest BCUT2D eigenvalue weighted by molar-refractivity contribution is -0.154. The molecule has 3 atom stereocenters. The van der Waals surface area contributed by atoms with E-state index in [1.54, 1.807) is 0 Å². The zero-order chi connectivity index (χ0) is 12.1. The minimum atomic E-state index is -0.0771. The van der Waals surface area contributed by atoms with Crippen molar-refractivity contribution in [2.75, 3.05) is 19.8 Å². The molecule has 1 saturated carbocycles. The molecule has 0 aromatic heterocycles. The van der Waals surface area contributed by atoms with Crippen LogP contribution in [0.15, 0.2) is 0 Å². The van der Waals surface area contributed by atoms with Gasteiger partial charge in [-0.25, -0.2) is 0 Å². The molecule has 17 heavy (non-hydrogen) atoms. The van der Waals surface area contributed by atoms with Gasteiger partial charge in [0, 0.05) is 12.6 Å². The van der Waals surface area contributed by atoms with Crippen molar-refractivity contribution in [3.05, 3.63) is 0 Å². The lowest BCUT2D eigenvalue weighted by Crippen LogP contribution is -2.43. The maximum Gasteiger partial charge on any atom is 0.307 e. The Morgan fingerprint density at radius 1 is 1.41 bits per heavy atom. The molecular weight excluding hydrogens is 218 g/mol. The first-order valence-corrected chi connectivity index (χ1v) is 6.76. The highest BCUT2D eigenvalue weighted by molar-refractivity contribution is 5.70. The number of carbonyl (C=O) groups excluding carboxylic acids is 1. The second kappa shape index (κ2) is 6.36. The van der Waals surface area contributed by atoms with Gasteiger partial charge in [-0.15, -0.1) is 0 Å². The minimum absolute atomic E-state index is 0.0771. The van der Waals surface area contributed by atoms with E-state index < -0.39 is 0 Å². The zero-order valence-electron chi connectivity index (χ0n) is 10.6. The molecule has 4 nitrogen and oxygen atoms in total. The van der Waals surface area contributed by atoms with Crippen LogP contribution in [0.5, 0.6) is 0 Å². The summed E-state index contributed by atoms with van der Waals surface area (Å²) in [5, 5.41) is 3.27. The van der Waals surface area contributed by atoms with E-state index >= 15 is 0 Å². The number of nitrogens with one attached hydrogen (secondary N) is 1. The van der Waals surface area contributed by atoms with Gasteiger partial charge in [-0.05, 0) is 25.2 Å². The third kappa shape index (κ3) is 3.96. The monoisotopic (exact) mass is 241 g/mol. The Morgan fingerprint density at radius 2 is 2.24 bits per heavy atom. The highest BCUT2D eigenvalue weighted by Gasteiger charge is 2.26. The van der Waals surface area contributed by atoms with E-state index in [9.17, 15) is 4.79 Å². The van der Waals surface area contributed by atoms with Crippen LogP contribution in [0.4, 0.5) is 0 Å². The molecule has 2 rings (SSSR count). The van der Waals surface area contributed by atoms with E-state index in [2.05, 4.69) is 12.2 Å². The molecule has 0 radical (unpaired) electrons. The fourth-order valence-corrected chi connectivity index (χ4v) is 2.63. The fourth-order valence-electron chi connectivity index (χ4n) is 2.63. The summed E-state index contributed by atoms with van der Waals surface area (Å²) in [5.41, 5.74) is 0. The van der Waals surface area contributed by atoms with Crippen LogP contribution in [0.2, 0.25) is 0 Å². The van der Waals surface area contributed by atoms with E-state index in [0.717, 1.165) is 19.6 Å². The summed E-state index contributed by atoms with van der Waals surface area (Å²) in [6.07, 6.45) is 5.24. The fraction of sp³-hybridized carbons (Fsp3) is 0.923. The van der Waals surface area contributed by atoms with Crippen molar-refractivity contribution in [3.63, 3.8) is 0 Å². The quantitative estimate of drug-likeness (QED) is 0.760. The predicted octanol–water partition coefficient (Wildman–Crippen LogP) is 1.49. The molecule has 0 aromatic carbocycles. The molecule has 3 unspecified atom stereocenters. The molecule has 98 valence electrons. The Balaban J connectivity index is 1.72. The summed E-state index contributed by atoms with van der Waals surface area (Å²) in [6.45, 7) is 4.37. The highest BCUT2D eigenvalue weighted by Crippen LogP contribution is 2.26. The summed E-state index contributed by atoms with van der Waals surface area (Å²) in [5.74, 6) is 0.440. The van der Waals surface area contributed by atoms with Gasteiger partial charge in [0.2, 0.25) is 0 Å². The maximum atomic E-state index is 11.8. The maximum absolute atomic E-state index is 11.8. The Hall–Kier alpha value is -0.610. The second-order valence-corrected chi connectivity index (χ2v) is 5.22. The first-order valence-electron chi connectivity index (χ1n) is 6.76. The molecular formula is C13H23NO3. The van der Waals surface area contributed by atoms with Crippen LogP contribution in [-0.2, 0) is 14.3 Å². The molecule has 1 saturated heterocycles. The largest absolute Gasteiger partial charge is 0.462 e. The number of carbonyl (C=O) groups is 1. The van der Waals surface area contributed by atoms with Gasteiger partial charge in [0.25, 0.3) is 0 Å². The van der Waals surface area contributed by atoms with Gasteiger partial charge in [0.1, 0.15) is 6.10 Å². The zero-order valence-corrected chi connectivity index (χ0v) is 10.6. The Kier molecular flexibility index (Phi) is 4.80. The van der Waals surface area contributed by atoms with Gasteiger partial charge >= 0.3 is 5.97 Å². The number of hydrogen-bond donors (Lipinski definition) is 1. The van der Waals surface area contributed by atoms with Crippen molar-refractivity contribution in [2.45, 2.75) is 51.2 Å². The molecule has 0 aromatic rings. The van der Waals surface area contributed by atoms with E-state index in [0.29, 0.717) is 18.9 Å². The molecule has 2 aliphatic rings. The Labute approximate surface area is 103 Å². The number of morpholine rings is 1. The smallest absolute Gasteiger partial charge is 0.307 e. The van der Waals surface area contributed by atoms with Gasteiger partial charge in [-0.1, -0.05) is 13.3 Å². The van der Waals surface area contributed by atoms with Crippen LogP contribution >= 0.6 is 0 Å². The lowest BCUT2D eigenvalue weighted by atomic mass is 9.88. The van der Waals surface area contributed by atoms with Crippen molar-refractivity contribution in [1.82, 2.24) is 5.32 Å². The summed E-state index contributed by atoms with van der Waals surface area (Å²) in [7, 11) is 0. The Bertz CT molecular complexity index is 251. The Morgan fingerprint density at radius 3 is 2.94 bits per heavy atom. The van der Waals surface area contributed by atoms with E-state index in [1.807, 2.05) is 0 Å². The molecule has 1 N–H and O–H groups in total. The lowest BCUT2D eigenvalue weighted by Gasteiger charge is -2.29. The summed E-state index contributed by atoms with van der Waals surface area (Å²) in [4.78, 5) is 11.8. The first-order chi connectivity index (χ1) is 8.25. The molecule has 2 fully saturated rings. The standard InChI is InChI=1S/C13H23NO3/c1-10-4-2-3-5-12(10)17-13(15)8-11-9-16-7-6-14-11/h10-12,14H,2-9H2,1H3. The average molecular weight is 241 g/mol. The van der Waals surface area contributed by atoms with Gasteiger partial charge in [0.05, 0.1) is 19.6 Å². The summed E-state index contributed by atoms with van der Waals surface area (Å²) >= 11 is 0. The van der Waals surface area contributed by atoms with Gasteiger partial charge < -0.3 is 14.8 Å². The van der Waals surface area contributed by atoms with Crippen molar-refractivity contribution in [2.24, 2.45) is 5.92 Å². The van der Waals surface area contributed by atoms with Crippen LogP contribution in [0.1, 0.15) is 39.0 Å². The minimum Gasteiger partial charge on any atom is -0.462 e. The molecule has 0 spiro atoms. The number of ether oxygens (including phenoxy) is 2. The van der Waals surface area contributed by atoms with Crippen molar-refractivity contribution < 1.29 is 14.3 Å². The van der Waals surface area contributed by atoms with Crippen molar-refractivity contribution in [1.29, 1.82) is 0 Å². The van der Waals surface area contributed by atoms with E-state index in [4.69, 9.17) is 9.47 Å². The first kappa shape index (κ1) is 12.8. The number of hydrogen-bond acceptors (Lipinski definition) is 4. The van der Waals surface area contributed by atoms with E-state index in [-0.39, 0.29) is 18.1 Å². The average Bonchev–Trinajstić information content (AvgIpc) is 2.33. The third-order valence-corrected chi connectivity index (χ3v) is 3.73. The van der Waals surface area contributed by atoms with E-state index in [1.165, 1.54) is 19.3 Å². The molecule has 1 aliphatic carbocycles. The summed E-state index contributed by atoms with van der Waals surface area (Å²) in [6, 6.07) is 0.134. The molecule has 0 amide bonds. The van der Waals surface area contributed by atoms with Gasteiger partial charge in [0.15, 0.2) is 0 Å². The predicted molar refractivity (Wildman–Crippen MR) is 64.7 cm³/mol. The van der Waals surface area contributed by atoms with Gasteiger partial charge in [-0.2, -0.15) is 0 Å². The van der Waals surface area contributed by atoms with Crippen molar-refractivity contribution in [3.8, 4) is 0 Å². The highest BCUT2D eigenvalue weighted by atomic mass is 16.5. The SMILES string of the molecule is CC1CCCCC1OC(=O)CC1COCCN1. The number of rotatable bonds is 3.